The zero-order chi connectivity index (χ0) is 21.3. The second-order valence-corrected chi connectivity index (χ2v) is 8.43. The van der Waals surface area contributed by atoms with E-state index in [0.29, 0.717) is 32.2 Å². The van der Waals surface area contributed by atoms with Crippen LogP contribution in [0.3, 0.4) is 0 Å². The average Bonchev–Trinajstić information content (AvgIpc) is 3.18. The molecule has 2 heterocycles. The number of benzene rings is 2. The molecule has 0 fully saturated rings. The van der Waals surface area contributed by atoms with Crippen LogP contribution >= 0.6 is 23.1 Å². The largest absolute Gasteiger partial charge is 0.497 e. The Morgan fingerprint density at radius 2 is 2.10 bits per heavy atom. The van der Waals surface area contributed by atoms with E-state index in [1.807, 2.05) is 29.6 Å². The van der Waals surface area contributed by atoms with E-state index in [1.54, 1.807) is 14.0 Å². The van der Waals surface area contributed by atoms with E-state index in [4.69, 9.17) is 4.74 Å². The summed E-state index contributed by atoms with van der Waals surface area (Å²) in [7, 11) is 1.59. The Labute approximate surface area is 179 Å². The van der Waals surface area contributed by atoms with Crippen LogP contribution in [-0.2, 0) is 0 Å². The number of halogens is 1. The lowest BCUT2D eigenvalue weighted by molar-refractivity contribution is 0.102. The number of aromatic nitrogens is 2. The fourth-order valence-electron chi connectivity index (χ4n) is 3.04. The lowest BCUT2D eigenvalue weighted by Crippen LogP contribution is -2.10. The Hall–Kier alpha value is -2.97. The average molecular weight is 441 g/mol. The maximum absolute atomic E-state index is 13.4. The van der Waals surface area contributed by atoms with E-state index in [0.717, 1.165) is 22.9 Å². The number of carbonyl (C=O) groups is 1. The zero-order valence-corrected chi connectivity index (χ0v) is 17.8. The highest BCUT2D eigenvalue weighted by Gasteiger charge is 2.15. The molecular weight excluding hydrogens is 423 g/mol. The Balaban J connectivity index is 1.59. The van der Waals surface area contributed by atoms with Crippen LogP contribution in [0.15, 0.2) is 57.8 Å². The van der Waals surface area contributed by atoms with Crippen LogP contribution in [0.2, 0.25) is 0 Å². The molecule has 152 valence electrons. The van der Waals surface area contributed by atoms with Crippen molar-refractivity contribution in [2.45, 2.75) is 12.1 Å². The summed E-state index contributed by atoms with van der Waals surface area (Å²) in [6, 6.07) is 11.8. The summed E-state index contributed by atoms with van der Waals surface area (Å²) in [5.41, 5.74) is 2.25. The molecule has 0 atom stereocenters. The molecule has 5 nitrogen and oxygen atoms in total. The minimum Gasteiger partial charge on any atom is -0.497 e. The second-order valence-electron chi connectivity index (χ2n) is 6.61. The van der Waals surface area contributed by atoms with Gasteiger partial charge in [0.2, 0.25) is 0 Å². The fraction of sp³-hybridized carbons (Fsp3) is 0.136. The van der Waals surface area contributed by atoms with Crippen molar-refractivity contribution in [2.24, 2.45) is 0 Å². The van der Waals surface area contributed by atoms with E-state index in [-0.39, 0.29) is 22.9 Å². The molecule has 4 aromatic rings. The summed E-state index contributed by atoms with van der Waals surface area (Å²) < 4.78 is 18.7. The third kappa shape index (κ3) is 4.01. The molecule has 0 aliphatic heterocycles. The molecule has 0 spiro atoms. The molecule has 0 amide bonds. The predicted molar refractivity (Wildman–Crippen MR) is 118 cm³/mol. The number of nitrogens with zero attached hydrogens (tertiary/aromatic N) is 1. The number of Topliss-reactive ketones (excluding diaryl/α,β-unsaturated/α-hetero) is 1. The van der Waals surface area contributed by atoms with Gasteiger partial charge < -0.3 is 9.72 Å². The van der Waals surface area contributed by atoms with Gasteiger partial charge in [0.1, 0.15) is 16.4 Å². The lowest BCUT2D eigenvalue weighted by Gasteiger charge is -2.05. The summed E-state index contributed by atoms with van der Waals surface area (Å²) in [5.74, 6) is 0.292. The van der Waals surface area contributed by atoms with E-state index < -0.39 is 0 Å². The molecule has 4 rings (SSSR count). The number of thioether (sulfide) groups is 1. The number of H-pyrrole nitrogens is 1. The van der Waals surface area contributed by atoms with Gasteiger partial charge in [0.15, 0.2) is 10.9 Å². The molecule has 0 bridgehead atoms. The Morgan fingerprint density at radius 3 is 2.87 bits per heavy atom. The van der Waals surface area contributed by atoms with Crippen LogP contribution in [0.4, 0.5) is 4.39 Å². The first-order valence-electron chi connectivity index (χ1n) is 9.04. The molecule has 8 heteroatoms. The van der Waals surface area contributed by atoms with Crippen molar-refractivity contribution in [3.05, 3.63) is 75.1 Å². The number of hydrogen-bond donors (Lipinski definition) is 1. The third-order valence-corrected chi connectivity index (χ3v) is 6.37. The molecule has 1 N–H and O–H groups in total. The number of methoxy groups -OCH3 is 1. The van der Waals surface area contributed by atoms with Gasteiger partial charge in [0.05, 0.1) is 18.2 Å². The molecular formula is C22H17FN2O3S2. The van der Waals surface area contributed by atoms with Crippen LogP contribution < -0.4 is 10.3 Å². The van der Waals surface area contributed by atoms with Crippen LogP contribution in [0.1, 0.15) is 15.9 Å². The molecule has 0 aliphatic rings. The van der Waals surface area contributed by atoms with Crippen LogP contribution in [0.5, 0.6) is 5.75 Å². The quantitative estimate of drug-likeness (QED) is 0.257. The predicted octanol–water partition coefficient (Wildman–Crippen LogP) is 5.08. The second kappa shape index (κ2) is 8.41. The molecule has 0 unspecified atom stereocenters. The first-order chi connectivity index (χ1) is 14.5. The van der Waals surface area contributed by atoms with Gasteiger partial charge in [-0.25, -0.2) is 9.37 Å². The molecule has 2 aromatic carbocycles. The zero-order valence-electron chi connectivity index (χ0n) is 16.2. The van der Waals surface area contributed by atoms with Crippen molar-refractivity contribution in [3.63, 3.8) is 0 Å². The Bertz CT molecular complexity index is 1310. The van der Waals surface area contributed by atoms with Crippen molar-refractivity contribution in [2.75, 3.05) is 12.9 Å². The lowest BCUT2D eigenvalue weighted by atomic mass is 10.1. The summed E-state index contributed by atoms with van der Waals surface area (Å²) in [6.45, 7) is 1.61. The van der Waals surface area contributed by atoms with Gasteiger partial charge in [0.25, 0.3) is 5.56 Å². The van der Waals surface area contributed by atoms with E-state index >= 15 is 0 Å². The van der Waals surface area contributed by atoms with Crippen molar-refractivity contribution in [1.29, 1.82) is 0 Å². The number of ketones is 1. The maximum atomic E-state index is 13.4. The van der Waals surface area contributed by atoms with Gasteiger partial charge in [0, 0.05) is 16.5 Å². The standard InChI is InChI=1S/C22H17FN2O3S2/c1-12-8-14(6-7-17(12)23)18(26)11-30-22-24-20(27)19-16(10-29-21(19)25-22)13-4-3-5-15(9-13)28-2/h3-10H,11H2,1-2H3,(H,24,25,27). The highest BCUT2D eigenvalue weighted by Crippen LogP contribution is 2.33. The van der Waals surface area contributed by atoms with Crippen molar-refractivity contribution >= 4 is 39.1 Å². The summed E-state index contributed by atoms with van der Waals surface area (Å²) in [6.07, 6.45) is 0. The molecule has 0 saturated heterocycles. The Morgan fingerprint density at radius 1 is 1.27 bits per heavy atom. The van der Waals surface area contributed by atoms with Gasteiger partial charge in [-0.05, 0) is 48.4 Å². The number of ether oxygens (including phenoxy) is 1. The van der Waals surface area contributed by atoms with Crippen molar-refractivity contribution in [1.82, 2.24) is 9.97 Å². The molecule has 2 aromatic heterocycles. The molecule has 0 saturated carbocycles. The van der Waals surface area contributed by atoms with Gasteiger partial charge in [-0.2, -0.15) is 0 Å². The first-order valence-corrected chi connectivity index (χ1v) is 10.9. The summed E-state index contributed by atoms with van der Waals surface area (Å²) >= 11 is 2.52. The number of thiophene rings is 1. The number of carbonyl (C=O) groups excluding carboxylic acids is 1. The van der Waals surface area contributed by atoms with E-state index in [2.05, 4.69) is 9.97 Å². The highest BCUT2D eigenvalue weighted by atomic mass is 32.2. The fourth-order valence-corrected chi connectivity index (χ4v) is 4.80. The van der Waals surface area contributed by atoms with Crippen molar-refractivity contribution in [3.8, 4) is 16.9 Å². The van der Waals surface area contributed by atoms with Crippen LogP contribution in [0, 0.1) is 12.7 Å². The molecule has 0 radical (unpaired) electrons. The Kier molecular flexibility index (Phi) is 5.69. The van der Waals surface area contributed by atoms with Crippen LogP contribution in [-0.4, -0.2) is 28.6 Å². The van der Waals surface area contributed by atoms with Gasteiger partial charge in [-0.1, -0.05) is 23.9 Å². The number of hydrogen-bond acceptors (Lipinski definition) is 6. The minimum absolute atomic E-state index is 0.0909. The topological polar surface area (TPSA) is 72.0 Å². The molecule has 0 aliphatic carbocycles. The van der Waals surface area contributed by atoms with Crippen molar-refractivity contribution < 1.29 is 13.9 Å². The highest BCUT2D eigenvalue weighted by molar-refractivity contribution is 7.99. The van der Waals surface area contributed by atoms with E-state index in [9.17, 15) is 14.0 Å². The monoisotopic (exact) mass is 440 g/mol. The smallest absolute Gasteiger partial charge is 0.260 e. The molecule has 30 heavy (non-hydrogen) atoms. The number of rotatable bonds is 6. The van der Waals surface area contributed by atoms with Gasteiger partial charge >= 0.3 is 0 Å². The maximum Gasteiger partial charge on any atom is 0.260 e. The third-order valence-electron chi connectivity index (χ3n) is 4.62. The minimum atomic E-state index is -0.347. The number of fused-ring (bicyclic) bond motifs is 1. The van der Waals surface area contributed by atoms with Gasteiger partial charge in [-0.15, -0.1) is 11.3 Å². The number of aromatic amines is 1. The normalized spacial score (nSPS) is 11.0. The first kappa shape index (κ1) is 20.3. The van der Waals surface area contributed by atoms with E-state index in [1.165, 1.54) is 29.5 Å². The van der Waals surface area contributed by atoms with Crippen LogP contribution in [0.25, 0.3) is 21.3 Å². The number of nitrogens with one attached hydrogen (secondary N) is 1. The number of aryl methyl sites for hydroxylation is 1. The summed E-state index contributed by atoms with van der Waals surface area (Å²) in [5, 5.41) is 2.78. The summed E-state index contributed by atoms with van der Waals surface area (Å²) in [4.78, 5) is 33.0. The van der Waals surface area contributed by atoms with Gasteiger partial charge in [-0.3, -0.25) is 9.59 Å². The SMILES string of the molecule is COc1cccc(-c2csc3nc(SCC(=O)c4ccc(F)c(C)c4)[nH]c(=O)c23)c1.